The van der Waals surface area contributed by atoms with Crippen LogP contribution >= 0.6 is 0 Å². The molecule has 0 fully saturated rings. The first-order chi connectivity index (χ1) is 11.1. The smallest absolute Gasteiger partial charge is 0.306 e. The monoisotopic (exact) mass is 327 g/mol. The van der Waals surface area contributed by atoms with Gasteiger partial charge in [0.2, 0.25) is 5.91 Å². The van der Waals surface area contributed by atoms with Crippen molar-refractivity contribution in [2.75, 3.05) is 6.54 Å². The highest BCUT2D eigenvalue weighted by molar-refractivity contribution is 5.72. The van der Waals surface area contributed by atoms with Gasteiger partial charge in [0.15, 0.2) is 0 Å². The molecule has 0 rings (SSSR count). The highest BCUT2D eigenvalue weighted by Gasteiger charge is 2.09. The molecule has 136 valence electrons. The lowest BCUT2D eigenvalue weighted by atomic mass is 10.1. The van der Waals surface area contributed by atoms with Gasteiger partial charge in [-0.3, -0.25) is 9.59 Å². The Morgan fingerprint density at radius 1 is 0.913 bits per heavy atom. The van der Waals surface area contributed by atoms with Crippen LogP contribution in [0.25, 0.3) is 0 Å². The number of esters is 1. The molecule has 0 spiro atoms. The molecule has 4 nitrogen and oxygen atoms in total. The minimum atomic E-state index is -0.0834. The van der Waals surface area contributed by atoms with Gasteiger partial charge in [0.1, 0.15) is 0 Å². The number of amides is 1. The van der Waals surface area contributed by atoms with E-state index in [2.05, 4.69) is 12.2 Å². The average molecular weight is 328 g/mol. The SMILES string of the molecule is CCCCCCCCCC(C)OC(=O)CCCCCNC(C)=O. The number of rotatable bonds is 15. The first-order valence-electron chi connectivity index (χ1n) is 9.50. The van der Waals surface area contributed by atoms with Crippen molar-refractivity contribution in [3.8, 4) is 0 Å². The van der Waals surface area contributed by atoms with Crippen LogP contribution in [0.15, 0.2) is 0 Å². The van der Waals surface area contributed by atoms with Crippen molar-refractivity contribution in [1.29, 1.82) is 0 Å². The fourth-order valence-corrected chi connectivity index (χ4v) is 2.57. The minimum Gasteiger partial charge on any atom is -0.463 e. The third-order valence-electron chi connectivity index (χ3n) is 3.98. The van der Waals surface area contributed by atoms with Crippen molar-refractivity contribution in [2.45, 2.75) is 104 Å². The molecule has 0 aliphatic rings. The summed E-state index contributed by atoms with van der Waals surface area (Å²) in [5.74, 6) is -0.0800. The minimum absolute atomic E-state index is 0.00333. The number of unbranched alkanes of at least 4 members (excludes halogenated alkanes) is 8. The molecule has 0 aliphatic heterocycles. The summed E-state index contributed by atoms with van der Waals surface area (Å²) in [6, 6.07) is 0. The predicted octanol–water partition coefficient (Wildman–Crippen LogP) is 4.76. The summed E-state index contributed by atoms with van der Waals surface area (Å²) in [5, 5.41) is 2.76. The standard InChI is InChI=1S/C19H37NO3/c1-4-5-6-7-8-9-11-14-17(2)23-19(22)15-12-10-13-16-20-18(3)21/h17H,4-16H2,1-3H3,(H,20,21). The van der Waals surface area contributed by atoms with Crippen LogP contribution in [-0.4, -0.2) is 24.5 Å². The fraction of sp³-hybridized carbons (Fsp3) is 0.895. The second-order valence-corrected chi connectivity index (χ2v) is 6.50. The molecule has 1 N–H and O–H groups in total. The van der Waals surface area contributed by atoms with Crippen LogP contribution in [0, 0.1) is 0 Å². The summed E-state index contributed by atoms with van der Waals surface area (Å²) in [6.45, 7) is 6.44. The summed E-state index contributed by atoms with van der Waals surface area (Å²) in [6.07, 6.45) is 13.2. The van der Waals surface area contributed by atoms with Gasteiger partial charge in [0.05, 0.1) is 6.10 Å². The molecule has 0 aliphatic carbocycles. The highest BCUT2D eigenvalue weighted by atomic mass is 16.5. The zero-order chi connectivity index (χ0) is 17.3. The Morgan fingerprint density at radius 3 is 2.17 bits per heavy atom. The number of ether oxygens (including phenoxy) is 1. The molecule has 0 bridgehead atoms. The van der Waals surface area contributed by atoms with Crippen LogP contribution in [-0.2, 0) is 14.3 Å². The predicted molar refractivity (Wildman–Crippen MR) is 95.3 cm³/mol. The number of nitrogens with one attached hydrogen (secondary N) is 1. The summed E-state index contributed by atoms with van der Waals surface area (Å²) >= 11 is 0. The van der Waals surface area contributed by atoms with Crippen LogP contribution in [0.3, 0.4) is 0 Å². The molecular formula is C19H37NO3. The van der Waals surface area contributed by atoms with Crippen LogP contribution in [0.5, 0.6) is 0 Å². The maximum absolute atomic E-state index is 11.7. The van der Waals surface area contributed by atoms with Crippen molar-refractivity contribution in [2.24, 2.45) is 0 Å². The molecule has 0 aromatic rings. The molecule has 1 atom stereocenters. The van der Waals surface area contributed by atoms with Crippen molar-refractivity contribution in [1.82, 2.24) is 5.32 Å². The second-order valence-electron chi connectivity index (χ2n) is 6.50. The molecule has 0 saturated heterocycles. The average Bonchev–Trinajstić information content (AvgIpc) is 2.49. The normalized spacial score (nSPS) is 12.0. The van der Waals surface area contributed by atoms with E-state index >= 15 is 0 Å². The van der Waals surface area contributed by atoms with E-state index in [4.69, 9.17) is 4.74 Å². The Bertz CT molecular complexity index is 305. The Hall–Kier alpha value is -1.06. The highest BCUT2D eigenvalue weighted by Crippen LogP contribution is 2.12. The van der Waals surface area contributed by atoms with Crippen LogP contribution in [0.4, 0.5) is 0 Å². The van der Waals surface area contributed by atoms with Gasteiger partial charge in [-0.1, -0.05) is 51.9 Å². The zero-order valence-corrected chi connectivity index (χ0v) is 15.5. The van der Waals surface area contributed by atoms with Crippen molar-refractivity contribution in [3.05, 3.63) is 0 Å². The van der Waals surface area contributed by atoms with Gasteiger partial charge >= 0.3 is 5.97 Å². The van der Waals surface area contributed by atoms with Gasteiger partial charge in [0, 0.05) is 19.9 Å². The third kappa shape index (κ3) is 17.1. The first-order valence-corrected chi connectivity index (χ1v) is 9.50. The summed E-state index contributed by atoms with van der Waals surface area (Å²) < 4.78 is 5.43. The van der Waals surface area contributed by atoms with Gasteiger partial charge in [-0.25, -0.2) is 0 Å². The third-order valence-corrected chi connectivity index (χ3v) is 3.98. The van der Waals surface area contributed by atoms with E-state index in [1.165, 1.54) is 45.4 Å². The summed E-state index contributed by atoms with van der Waals surface area (Å²) in [5.41, 5.74) is 0. The quantitative estimate of drug-likeness (QED) is 0.349. The van der Waals surface area contributed by atoms with E-state index in [0.29, 0.717) is 13.0 Å². The first kappa shape index (κ1) is 21.9. The molecule has 1 unspecified atom stereocenters. The fourth-order valence-electron chi connectivity index (χ4n) is 2.57. The lowest BCUT2D eigenvalue weighted by Crippen LogP contribution is -2.20. The maximum Gasteiger partial charge on any atom is 0.306 e. The number of carbonyl (C=O) groups excluding carboxylic acids is 2. The molecular weight excluding hydrogens is 290 g/mol. The lowest BCUT2D eigenvalue weighted by Gasteiger charge is -2.13. The molecule has 0 aromatic heterocycles. The molecule has 23 heavy (non-hydrogen) atoms. The van der Waals surface area contributed by atoms with Gasteiger partial charge < -0.3 is 10.1 Å². The van der Waals surface area contributed by atoms with Gasteiger partial charge in [0.25, 0.3) is 0 Å². The van der Waals surface area contributed by atoms with Crippen molar-refractivity contribution >= 4 is 11.9 Å². The number of hydrogen-bond donors (Lipinski definition) is 1. The molecule has 0 heterocycles. The van der Waals surface area contributed by atoms with Crippen LogP contribution in [0.1, 0.15) is 97.8 Å². The zero-order valence-electron chi connectivity index (χ0n) is 15.5. The van der Waals surface area contributed by atoms with E-state index in [9.17, 15) is 9.59 Å². The molecule has 1 amide bonds. The van der Waals surface area contributed by atoms with Crippen molar-refractivity contribution < 1.29 is 14.3 Å². The van der Waals surface area contributed by atoms with E-state index in [1.807, 2.05) is 6.92 Å². The van der Waals surface area contributed by atoms with Crippen LogP contribution in [0.2, 0.25) is 0 Å². The summed E-state index contributed by atoms with van der Waals surface area (Å²) in [7, 11) is 0. The number of carbonyl (C=O) groups is 2. The topological polar surface area (TPSA) is 55.4 Å². The Balaban J connectivity index is 3.39. The number of hydrogen-bond acceptors (Lipinski definition) is 3. The molecule has 4 heteroatoms. The lowest BCUT2D eigenvalue weighted by molar-refractivity contribution is -0.148. The Kier molecular flexibility index (Phi) is 15.1. The molecule has 0 aromatic carbocycles. The van der Waals surface area contributed by atoms with Gasteiger partial charge in [-0.15, -0.1) is 0 Å². The summed E-state index contributed by atoms with van der Waals surface area (Å²) in [4.78, 5) is 22.4. The second kappa shape index (κ2) is 15.8. The van der Waals surface area contributed by atoms with Gasteiger partial charge in [-0.05, 0) is 32.6 Å². The Morgan fingerprint density at radius 2 is 1.52 bits per heavy atom. The largest absolute Gasteiger partial charge is 0.463 e. The van der Waals surface area contributed by atoms with Crippen LogP contribution < -0.4 is 5.32 Å². The van der Waals surface area contributed by atoms with E-state index in [-0.39, 0.29) is 18.0 Å². The van der Waals surface area contributed by atoms with E-state index < -0.39 is 0 Å². The molecule has 0 radical (unpaired) electrons. The maximum atomic E-state index is 11.7. The molecule has 0 saturated carbocycles. The van der Waals surface area contributed by atoms with Crippen molar-refractivity contribution in [3.63, 3.8) is 0 Å². The van der Waals surface area contributed by atoms with E-state index in [0.717, 1.165) is 32.1 Å². The Labute approximate surface area is 142 Å². The van der Waals surface area contributed by atoms with Gasteiger partial charge in [-0.2, -0.15) is 0 Å². The van der Waals surface area contributed by atoms with E-state index in [1.54, 1.807) is 0 Å².